The van der Waals surface area contributed by atoms with Crippen LogP contribution in [-0.2, 0) is 6.54 Å². The molecule has 1 aromatic rings. The van der Waals surface area contributed by atoms with Crippen LogP contribution in [0.1, 0.15) is 38.9 Å². The van der Waals surface area contributed by atoms with Gasteiger partial charge in [0.1, 0.15) is 5.76 Å². The number of nitrogens with one attached hydrogen (secondary N) is 1. The highest BCUT2D eigenvalue weighted by Crippen LogP contribution is 2.14. The minimum Gasteiger partial charge on any atom is -0.468 e. The van der Waals surface area contributed by atoms with Gasteiger partial charge in [0.05, 0.1) is 12.8 Å². The molecule has 1 atom stereocenters. The number of hydrogen-bond acceptors (Lipinski definition) is 3. The Morgan fingerprint density at radius 2 is 2.29 bits per heavy atom. The van der Waals surface area contributed by atoms with Gasteiger partial charge in [0.25, 0.3) is 0 Å². The molecule has 1 aliphatic heterocycles. The van der Waals surface area contributed by atoms with Gasteiger partial charge in [0.2, 0.25) is 0 Å². The summed E-state index contributed by atoms with van der Waals surface area (Å²) in [7, 11) is 0. The van der Waals surface area contributed by atoms with E-state index in [0.717, 1.165) is 12.3 Å². The third-order valence-corrected chi connectivity index (χ3v) is 3.64. The maximum atomic E-state index is 5.34. The summed E-state index contributed by atoms with van der Waals surface area (Å²) in [6.45, 7) is 7.90. The number of hydrogen-bond donors (Lipinski definition) is 1. The second kappa shape index (κ2) is 6.22. The average Bonchev–Trinajstić information content (AvgIpc) is 2.70. The highest BCUT2D eigenvalue weighted by molar-refractivity contribution is 4.97. The normalized spacial score (nSPS) is 22.9. The zero-order valence-electron chi connectivity index (χ0n) is 11.0. The van der Waals surface area contributed by atoms with Gasteiger partial charge in [-0.3, -0.25) is 0 Å². The van der Waals surface area contributed by atoms with E-state index in [1.165, 1.54) is 32.4 Å². The van der Waals surface area contributed by atoms with Crippen LogP contribution in [0.5, 0.6) is 0 Å². The van der Waals surface area contributed by atoms with Crippen molar-refractivity contribution in [1.82, 2.24) is 10.2 Å². The van der Waals surface area contributed by atoms with E-state index in [4.69, 9.17) is 4.42 Å². The van der Waals surface area contributed by atoms with E-state index in [9.17, 15) is 0 Å². The van der Waals surface area contributed by atoms with Gasteiger partial charge in [0, 0.05) is 12.1 Å². The van der Waals surface area contributed by atoms with E-state index >= 15 is 0 Å². The third kappa shape index (κ3) is 3.86. The van der Waals surface area contributed by atoms with Gasteiger partial charge < -0.3 is 14.6 Å². The van der Waals surface area contributed by atoms with Crippen LogP contribution in [0.15, 0.2) is 22.8 Å². The first-order chi connectivity index (χ1) is 8.25. The van der Waals surface area contributed by atoms with E-state index in [2.05, 4.69) is 24.1 Å². The Morgan fingerprint density at radius 3 is 3.00 bits per heavy atom. The Morgan fingerprint density at radius 1 is 1.41 bits per heavy atom. The molecule has 1 aromatic heterocycles. The van der Waals surface area contributed by atoms with Crippen molar-refractivity contribution in [1.29, 1.82) is 0 Å². The van der Waals surface area contributed by atoms with Crippen molar-refractivity contribution < 1.29 is 4.42 Å². The average molecular weight is 236 g/mol. The molecule has 17 heavy (non-hydrogen) atoms. The van der Waals surface area contributed by atoms with Crippen LogP contribution < -0.4 is 5.32 Å². The molecule has 2 heterocycles. The number of likely N-dealkylation sites (tertiary alicyclic amines) is 1. The summed E-state index contributed by atoms with van der Waals surface area (Å²) in [5, 5.41) is 3.60. The fourth-order valence-electron chi connectivity index (χ4n) is 2.50. The van der Waals surface area contributed by atoms with E-state index < -0.39 is 0 Å². The number of rotatable bonds is 4. The second-order valence-corrected chi connectivity index (χ2v) is 5.22. The topological polar surface area (TPSA) is 28.4 Å². The molecular formula is C14H24N2O. The van der Waals surface area contributed by atoms with Gasteiger partial charge in [-0.05, 0) is 58.3 Å². The van der Waals surface area contributed by atoms with Crippen LogP contribution in [0, 0.1) is 0 Å². The molecule has 3 heteroatoms. The first-order valence-electron chi connectivity index (χ1n) is 6.75. The Balaban J connectivity index is 1.75. The summed E-state index contributed by atoms with van der Waals surface area (Å²) in [5.74, 6) is 1.04. The van der Waals surface area contributed by atoms with Crippen molar-refractivity contribution in [3.63, 3.8) is 0 Å². The molecule has 96 valence electrons. The highest BCUT2D eigenvalue weighted by Gasteiger charge is 2.18. The lowest BCUT2D eigenvalue weighted by Gasteiger charge is -2.24. The summed E-state index contributed by atoms with van der Waals surface area (Å²) in [4.78, 5) is 2.58. The summed E-state index contributed by atoms with van der Waals surface area (Å²) in [5.41, 5.74) is 0. The van der Waals surface area contributed by atoms with Crippen molar-refractivity contribution in [3.05, 3.63) is 24.2 Å². The fraction of sp³-hybridized carbons (Fsp3) is 0.714. The van der Waals surface area contributed by atoms with Crippen molar-refractivity contribution in [2.75, 3.05) is 13.1 Å². The molecule has 0 aliphatic carbocycles. The monoisotopic (exact) mass is 236 g/mol. The minimum atomic E-state index is 0.642. The van der Waals surface area contributed by atoms with Gasteiger partial charge in [-0.2, -0.15) is 0 Å². The molecule has 0 radical (unpaired) electrons. The lowest BCUT2D eigenvalue weighted by atomic mass is 10.1. The van der Waals surface area contributed by atoms with E-state index in [0.29, 0.717) is 12.1 Å². The Bertz CT molecular complexity index is 308. The Labute approximate surface area is 104 Å². The molecule has 1 fully saturated rings. The molecule has 2 rings (SSSR count). The predicted molar refractivity (Wildman–Crippen MR) is 69.9 cm³/mol. The quantitative estimate of drug-likeness (QED) is 0.871. The summed E-state index contributed by atoms with van der Waals surface area (Å²) in [6.07, 6.45) is 5.57. The van der Waals surface area contributed by atoms with Crippen LogP contribution in [0.3, 0.4) is 0 Å². The summed E-state index contributed by atoms with van der Waals surface area (Å²) in [6, 6.07) is 5.30. The van der Waals surface area contributed by atoms with Crippen molar-refractivity contribution in [2.45, 2.75) is 51.7 Å². The Kier molecular flexibility index (Phi) is 4.63. The lowest BCUT2D eigenvalue weighted by Crippen LogP contribution is -2.33. The van der Waals surface area contributed by atoms with Crippen LogP contribution in [0.4, 0.5) is 0 Å². The zero-order chi connectivity index (χ0) is 12.1. The molecule has 0 amide bonds. The van der Waals surface area contributed by atoms with Crippen LogP contribution in [-0.4, -0.2) is 30.1 Å². The van der Waals surface area contributed by atoms with Crippen LogP contribution in [0.2, 0.25) is 0 Å². The van der Waals surface area contributed by atoms with Crippen LogP contribution in [0.25, 0.3) is 0 Å². The van der Waals surface area contributed by atoms with E-state index in [1.54, 1.807) is 6.26 Å². The minimum absolute atomic E-state index is 0.642. The van der Waals surface area contributed by atoms with Crippen molar-refractivity contribution in [2.24, 2.45) is 0 Å². The maximum Gasteiger partial charge on any atom is 0.117 e. The first-order valence-corrected chi connectivity index (χ1v) is 6.75. The molecule has 0 bridgehead atoms. The van der Waals surface area contributed by atoms with Gasteiger partial charge in [-0.1, -0.05) is 0 Å². The highest BCUT2D eigenvalue weighted by atomic mass is 16.3. The van der Waals surface area contributed by atoms with Crippen molar-refractivity contribution >= 4 is 0 Å². The zero-order valence-corrected chi connectivity index (χ0v) is 11.0. The molecule has 1 saturated heterocycles. The van der Waals surface area contributed by atoms with E-state index in [1.807, 2.05) is 12.1 Å². The molecule has 0 spiro atoms. The summed E-state index contributed by atoms with van der Waals surface area (Å²) < 4.78 is 5.34. The van der Waals surface area contributed by atoms with Gasteiger partial charge in [0.15, 0.2) is 0 Å². The molecule has 0 aromatic carbocycles. The molecule has 1 N–H and O–H groups in total. The number of furan rings is 1. The van der Waals surface area contributed by atoms with E-state index in [-0.39, 0.29) is 0 Å². The largest absolute Gasteiger partial charge is 0.468 e. The first kappa shape index (κ1) is 12.7. The lowest BCUT2D eigenvalue weighted by molar-refractivity contribution is 0.228. The maximum absolute atomic E-state index is 5.34. The van der Waals surface area contributed by atoms with Gasteiger partial charge in [-0.25, -0.2) is 0 Å². The smallest absolute Gasteiger partial charge is 0.117 e. The van der Waals surface area contributed by atoms with Gasteiger partial charge >= 0.3 is 0 Å². The second-order valence-electron chi connectivity index (χ2n) is 5.22. The van der Waals surface area contributed by atoms with Crippen molar-refractivity contribution in [3.8, 4) is 0 Å². The third-order valence-electron chi connectivity index (χ3n) is 3.64. The SMILES string of the molecule is CC(C)N1CCCC(NCc2ccco2)CC1. The molecule has 3 nitrogen and oxygen atoms in total. The number of nitrogens with zero attached hydrogens (tertiary/aromatic N) is 1. The standard InChI is InChI=1S/C14H24N2O/c1-12(2)16-8-3-5-13(7-9-16)15-11-14-6-4-10-17-14/h4,6,10,12-13,15H,3,5,7-9,11H2,1-2H3. The molecule has 0 saturated carbocycles. The molecule has 1 unspecified atom stereocenters. The summed E-state index contributed by atoms with van der Waals surface area (Å²) >= 11 is 0. The van der Waals surface area contributed by atoms with Gasteiger partial charge in [-0.15, -0.1) is 0 Å². The predicted octanol–water partition coefficient (Wildman–Crippen LogP) is 2.63. The molecular weight excluding hydrogens is 212 g/mol. The fourth-order valence-corrected chi connectivity index (χ4v) is 2.50. The van der Waals surface area contributed by atoms with Crippen LogP contribution >= 0.6 is 0 Å². The Hall–Kier alpha value is -0.800. The molecule has 1 aliphatic rings.